The van der Waals surface area contributed by atoms with E-state index >= 15 is 0 Å². The molecule has 2 unspecified atom stereocenters. The van der Waals surface area contributed by atoms with Crippen LogP contribution in [0.5, 0.6) is 0 Å². The number of carbonyl (C=O) groups excluding carboxylic acids is 1. The molecule has 0 spiro atoms. The first kappa shape index (κ1) is 14.6. The first-order valence-electron chi connectivity index (χ1n) is 7.37. The van der Waals surface area contributed by atoms with Crippen LogP contribution in [-0.2, 0) is 0 Å². The summed E-state index contributed by atoms with van der Waals surface area (Å²) >= 11 is 6.03. The summed E-state index contributed by atoms with van der Waals surface area (Å²) in [5.41, 5.74) is 3.75. The van der Waals surface area contributed by atoms with Crippen molar-refractivity contribution < 1.29 is 4.79 Å². The molecule has 0 saturated carbocycles. The fraction of sp³-hybridized carbons (Fsp3) is 0.533. The van der Waals surface area contributed by atoms with E-state index in [-0.39, 0.29) is 5.91 Å². The van der Waals surface area contributed by atoms with Crippen molar-refractivity contribution in [1.29, 1.82) is 0 Å². The fourth-order valence-corrected chi connectivity index (χ4v) is 3.65. The summed E-state index contributed by atoms with van der Waals surface area (Å²) in [6, 6.07) is 6.23. The number of anilines is 1. The third-order valence-electron chi connectivity index (χ3n) is 4.80. The number of amides is 1. The normalized spacial score (nSPS) is 25.8. The first-order valence-corrected chi connectivity index (χ1v) is 7.75. The molecular formula is C15H21ClN4O. The predicted molar refractivity (Wildman–Crippen MR) is 84.4 cm³/mol. The number of nitrogen functional groups attached to an aromatic ring is 1. The van der Waals surface area contributed by atoms with Crippen LogP contribution in [0, 0.1) is 0 Å². The molecule has 0 aromatic heterocycles. The Morgan fingerprint density at radius 2 is 2.10 bits per heavy atom. The first-order chi connectivity index (χ1) is 10.1. The fourth-order valence-electron chi connectivity index (χ4n) is 3.48. The van der Waals surface area contributed by atoms with Crippen LogP contribution in [0.3, 0.4) is 0 Å². The number of rotatable bonds is 2. The van der Waals surface area contributed by atoms with Crippen LogP contribution in [0.25, 0.3) is 0 Å². The molecular weight excluding hydrogens is 288 g/mol. The monoisotopic (exact) mass is 308 g/mol. The van der Waals surface area contributed by atoms with Gasteiger partial charge in [0.05, 0.1) is 11.3 Å². The predicted octanol–water partition coefficient (Wildman–Crippen LogP) is 1.93. The number of carbonyl (C=O) groups is 1. The number of nitrogens with zero attached hydrogens (tertiary/aromatic N) is 2. The molecule has 2 aliphatic heterocycles. The van der Waals surface area contributed by atoms with Crippen LogP contribution in [0.15, 0.2) is 18.2 Å². The molecule has 6 heteroatoms. The minimum atomic E-state index is 0.00593. The number of hydrogen-bond donors (Lipinski definition) is 2. The zero-order chi connectivity index (χ0) is 15.0. The molecule has 2 bridgehead atoms. The Kier molecular flexibility index (Phi) is 4.06. The second-order valence-corrected chi connectivity index (χ2v) is 6.36. The van der Waals surface area contributed by atoms with Gasteiger partial charge in [0.1, 0.15) is 0 Å². The maximum Gasteiger partial charge on any atom is 0.256 e. The minimum Gasteiger partial charge on any atom is -0.337 e. The van der Waals surface area contributed by atoms with Gasteiger partial charge in [0, 0.05) is 30.2 Å². The highest BCUT2D eigenvalue weighted by Gasteiger charge is 2.36. The van der Waals surface area contributed by atoms with Crippen molar-refractivity contribution in [3.05, 3.63) is 28.8 Å². The zero-order valence-corrected chi connectivity index (χ0v) is 12.9. The number of fused-ring (bicyclic) bond motifs is 2. The summed E-state index contributed by atoms with van der Waals surface area (Å²) in [5, 5.41) is 0.547. The Labute approximate surface area is 130 Å². The van der Waals surface area contributed by atoms with Crippen LogP contribution < -0.4 is 11.3 Å². The number of hydrogen-bond acceptors (Lipinski definition) is 4. The number of nitrogens with two attached hydrogens (primary N) is 1. The molecule has 114 valence electrons. The second-order valence-electron chi connectivity index (χ2n) is 5.92. The molecule has 2 saturated heterocycles. The average Bonchev–Trinajstić information content (AvgIpc) is 2.71. The van der Waals surface area contributed by atoms with E-state index in [0.29, 0.717) is 28.4 Å². The summed E-state index contributed by atoms with van der Waals surface area (Å²) < 4.78 is 0. The Hall–Kier alpha value is -1.30. The zero-order valence-electron chi connectivity index (χ0n) is 12.2. The minimum absolute atomic E-state index is 0.00593. The number of hydrazine groups is 1. The van der Waals surface area contributed by atoms with E-state index in [1.165, 1.54) is 12.8 Å². The highest BCUT2D eigenvalue weighted by molar-refractivity contribution is 6.31. The molecule has 1 aromatic carbocycles. The van der Waals surface area contributed by atoms with Gasteiger partial charge in [-0.05, 0) is 44.5 Å². The standard InChI is InChI=1S/C15H21ClN4O/c1-19-11-3-4-12(19)9-20(7-6-11)15(21)13-8-10(16)2-5-14(13)18-17/h2,5,8,11-12,18H,3-4,6-7,9,17H2,1H3. The van der Waals surface area contributed by atoms with E-state index in [1.54, 1.807) is 18.2 Å². The maximum atomic E-state index is 12.8. The molecule has 2 heterocycles. The molecule has 2 fully saturated rings. The molecule has 1 amide bonds. The van der Waals surface area contributed by atoms with E-state index in [9.17, 15) is 4.79 Å². The third kappa shape index (κ3) is 2.73. The maximum absolute atomic E-state index is 12.8. The van der Waals surface area contributed by atoms with Crippen LogP contribution in [0.2, 0.25) is 5.02 Å². The van der Waals surface area contributed by atoms with Gasteiger partial charge in [-0.15, -0.1) is 0 Å². The Bertz CT molecular complexity index is 550. The molecule has 21 heavy (non-hydrogen) atoms. The summed E-state index contributed by atoms with van der Waals surface area (Å²) in [6.07, 6.45) is 3.45. The quantitative estimate of drug-likeness (QED) is 0.647. The van der Waals surface area contributed by atoms with Crippen molar-refractivity contribution in [2.24, 2.45) is 5.84 Å². The van der Waals surface area contributed by atoms with Crippen molar-refractivity contribution >= 4 is 23.2 Å². The molecule has 0 aliphatic carbocycles. The lowest BCUT2D eigenvalue weighted by molar-refractivity contribution is 0.0741. The van der Waals surface area contributed by atoms with Crippen molar-refractivity contribution in [2.45, 2.75) is 31.3 Å². The molecule has 3 N–H and O–H groups in total. The van der Waals surface area contributed by atoms with Crippen LogP contribution >= 0.6 is 11.6 Å². The second kappa shape index (κ2) is 5.83. The van der Waals surface area contributed by atoms with Crippen molar-refractivity contribution in [1.82, 2.24) is 9.80 Å². The number of likely N-dealkylation sites (tertiary alicyclic amines) is 1. The highest BCUT2D eigenvalue weighted by Crippen LogP contribution is 2.30. The van der Waals surface area contributed by atoms with Gasteiger partial charge in [-0.1, -0.05) is 11.6 Å². The van der Waals surface area contributed by atoms with Crippen molar-refractivity contribution in [3.8, 4) is 0 Å². The summed E-state index contributed by atoms with van der Waals surface area (Å²) in [4.78, 5) is 17.2. The average molecular weight is 309 g/mol. The number of benzene rings is 1. The van der Waals surface area contributed by atoms with Crippen LogP contribution in [-0.4, -0.2) is 47.9 Å². The molecule has 2 aliphatic rings. The van der Waals surface area contributed by atoms with Gasteiger partial charge in [-0.3, -0.25) is 15.5 Å². The van der Waals surface area contributed by atoms with E-state index in [0.717, 1.165) is 19.5 Å². The number of halogens is 1. The van der Waals surface area contributed by atoms with Gasteiger partial charge < -0.3 is 10.3 Å². The molecule has 1 aromatic rings. The van der Waals surface area contributed by atoms with Gasteiger partial charge in [0.2, 0.25) is 0 Å². The van der Waals surface area contributed by atoms with E-state index in [4.69, 9.17) is 17.4 Å². The van der Waals surface area contributed by atoms with E-state index in [2.05, 4.69) is 17.4 Å². The highest BCUT2D eigenvalue weighted by atomic mass is 35.5. The van der Waals surface area contributed by atoms with Gasteiger partial charge in [-0.2, -0.15) is 0 Å². The SMILES string of the molecule is CN1C2CCC1CN(C(=O)c1cc(Cl)ccc1NN)CC2. The van der Waals surface area contributed by atoms with Gasteiger partial charge in [0.25, 0.3) is 5.91 Å². The smallest absolute Gasteiger partial charge is 0.256 e. The lowest BCUT2D eigenvalue weighted by Gasteiger charge is -2.26. The number of nitrogens with one attached hydrogen (secondary N) is 1. The Balaban J connectivity index is 1.84. The molecule has 0 radical (unpaired) electrons. The lowest BCUT2D eigenvalue weighted by atomic mass is 10.1. The van der Waals surface area contributed by atoms with Crippen molar-refractivity contribution in [2.75, 3.05) is 25.6 Å². The topological polar surface area (TPSA) is 61.6 Å². The largest absolute Gasteiger partial charge is 0.337 e. The van der Waals surface area contributed by atoms with Gasteiger partial charge >= 0.3 is 0 Å². The summed E-state index contributed by atoms with van der Waals surface area (Å²) in [6.45, 7) is 1.57. The van der Waals surface area contributed by atoms with Crippen LogP contribution in [0.1, 0.15) is 29.6 Å². The van der Waals surface area contributed by atoms with E-state index in [1.807, 2.05) is 4.90 Å². The van der Waals surface area contributed by atoms with Crippen molar-refractivity contribution in [3.63, 3.8) is 0 Å². The molecule has 3 rings (SSSR count). The third-order valence-corrected chi connectivity index (χ3v) is 5.04. The van der Waals surface area contributed by atoms with Gasteiger partial charge in [-0.25, -0.2) is 0 Å². The molecule has 2 atom stereocenters. The van der Waals surface area contributed by atoms with Gasteiger partial charge in [0.15, 0.2) is 0 Å². The Morgan fingerprint density at radius 1 is 1.33 bits per heavy atom. The molecule has 5 nitrogen and oxygen atoms in total. The van der Waals surface area contributed by atoms with Crippen LogP contribution in [0.4, 0.5) is 5.69 Å². The summed E-state index contributed by atoms with van der Waals surface area (Å²) in [7, 11) is 2.17. The lowest BCUT2D eigenvalue weighted by Crippen LogP contribution is -2.40. The Morgan fingerprint density at radius 3 is 2.86 bits per heavy atom. The number of likely N-dealkylation sites (N-methyl/N-ethyl adjacent to an activating group) is 1. The van der Waals surface area contributed by atoms with E-state index < -0.39 is 0 Å². The summed E-state index contributed by atoms with van der Waals surface area (Å²) in [5.74, 6) is 5.52.